The molecular formula is C15H21NO3S. The lowest BCUT2D eigenvalue weighted by Gasteiger charge is -2.17. The van der Waals surface area contributed by atoms with E-state index in [9.17, 15) is 4.79 Å². The Hall–Kier alpha value is -1.20. The molecule has 0 aliphatic carbocycles. The van der Waals surface area contributed by atoms with Gasteiger partial charge in [-0.25, -0.2) is 0 Å². The van der Waals surface area contributed by atoms with E-state index >= 15 is 0 Å². The first-order valence-corrected chi connectivity index (χ1v) is 8.13. The van der Waals surface area contributed by atoms with Crippen LogP contribution < -0.4 is 9.47 Å². The van der Waals surface area contributed by atoms with E-state index in [1.54, 1.807) is 30.0 Å². The minimum absolute atomic E-state index is 0.146. The Morgan fingerprint density at radius 3 is 2.75 bits per heavy atom. The highest BCUT2D eigenvalue weighted by molar-refractivity contribution is 8.00. The highest BCUT2D eigenvalue weighted by Crippen LogP contribution is 2.32. The highest BCUT2D eigenvalue weighted by atomic mass is 32.2. The summed E-state index contributed by atoms with van der Waals surface area (Å²) in [6.45, 7) is 7.72. The molecule has 0 radical (unpaired) electrons. The lowest BCUT2D eigenvalue weighted by Crippen LogP contribution is -2.25. The van der Waals surface area contributed by atoms with Crippen LogP contribution in [0.5, 0.6) is 11.5 Å². The van der Waals surface area contributed by atoms with E-state index in [2.05, 4.69) is 18.7 Å². The van der Waals surface area contributed by atoms with Gasteiger partial charge in [-0.15, -0.1) is 0 Å². The lowest BCUT2D eigenvalue weighted by atomic mass is 10.1. The number of thioether (sulfide) groups is 1. The fourth-order valence-corrected chi connectivity index (χ4v) is 2.94. The van der Waals surface area contributed by atoms with Crippen LogP contribution in [-0.4, -0.2) is 48.6 Å². The minimum atomic E-state index is 0.146. The van der Waals surface area contributed by atoms with Crippen molar-refractivity contribution in [2.24, 2.45) is 0 Å². The number of hydrogen-bond acceptors (Lipinski definition) is 5. The summed E-state index contributed by atoms with van der Waals surface area (Å²) in [5.74, 6) is 3.03. The third-order valence-electron chi connectivity index (χ3n) is 3.37. The lowest BCUT2D eigenvalue weighted by molar-refractivity contribution is 0.102. The number of fused-ring (bicyclic) bond motifs is 1. The van der Waals surface area contributed by atoms with Crippen LogP contribution in [0.1, 0.15) is 24.2 Å². The van der Waals surface area contributed by atoms with Crippen molar-refractivity contribution in [2.75, 3.05) is 37.9 Å². The second-order valence-electron chi connectivity index (χ2n) is 4.57. The Labute approximate surface area is 124 Å². The molecule has 4 nitrogen and oxygen atoms in total. The van der Waals surface area contributed by atoms with Crippen LogP contribution in [0, 0.1) is 0 Å². The molecule has 2 rings (SSSR count). The molecule has 1 heterocycles. The Bertz CT molecular complexity index is 460. The molecule has 1 aliphatic heterocycles. The molecule has 5 heteroatoms. The predicted octanol–water partition coefficient (Wildman–Crippen LogP) is 2.67. The van der Waals surface area contributed by atoms with E-state index in [1.165, 1.54) is 0 Å². The van der Waals surface area contributed by atoms with Crippen molar-refractivity contribution in [3.05, 3.63) is 23.8 Å². The Balaban J connectivity index is 1.77. The molecule has 0 aromatic heterocycles. The smallest absolute Gasteiger partial charge is 0.231 e. The van der Waals surface area contributed by atoms with E-state index in [0.717, 1.165) is 31.1 Å². The van der Waals surface area contributed by atoms with Crippen LogP contribution in [-0.2, 0) is 0 Å². The van der Waals surface area contributed by atoms with Gasteiger partial charge < -0.3 is 14.4 Å². The van der Waals surface area contributed by atoms with E-state index in [0.29, 0.717) is 17.1 Å². The quantitative estimate of drug-likeness (QED) is 0.544. The average Bonchev–Trinajstić information content (AvgIpc) is 2.94. The highest BCUT2D eigenvalue weighted by Gasteiger charge is 2.16. The summed E-state index contributed by atoms with van der Waals surface area (Å²) in [4.78, 5) is 14.5. The molecule has 0 bridgehead atoms. The van der Waals surface area contributed by atoms with Crippen molar-refractivity contribution in [2.45, 2.75) is 13.8 Å². The van der Waals surface area contributed by atoms with Gasteiger partial charge in [0, 0.05) is 17.9 Å². The fraction of sp³-hybridized carbons (Fsp3) is 0.533. The molecule has 0 unspecified atom stereocenters. The van der Waals surface area contributed by atoms with Crippen LogP contribution in [0.2, 0.25) is 0 Å². The van der Waals surface area contributed by atoms with Crippen molar-refractivity contribution in [3.63, 3.8) is 0 Å². The van der Waals surface area contributed by atoms with Crippen LogP contribution in [0.25, 0.3) is 0 Å². The summed E-state index contributed by atoms with van der Waals surface area (Å²) >= 11 is 1.69. The Morgan fingerprint density at radius 1 is 1.25 bits per heavy atom. The van der Waals surface area contributed by atoms with Gasteiger partial charge in [0.1, 0.15) is 0 Å². The van der Waals surface area contributed by atoms with Crippen LogP contribution in [0.3, 0.4) is 0 Å². The number of ether oxygens (including phenoxy) is 2. The van der Waals surface area contributed by atoms with Gasteiger partial charge in [0.2, 0.25) is 6.79 Å². The summed E-state index contributed by atoms with van der Waals surface area (Å²) in [5, 5.41) is 0. The third-order valence-corrected chi connectivity index (χ3v) is 4.31. The molecule has 1 aromatic rings. The molecule has 0 atom stereocenters. The largest absolute Gasteiger partial charge is 0.454 e. The van der Waals surface area contributed by atoms with Gasteiger partial charge in [-0.1, -0.05) is 13.8 Å². The molecule has 0 spiro atoms. The topological polar surface area (TPSA) is 38.8 Å². The Kier molecular flexibility index (Phi) is 5.73. The summed E-state index contributed by atoms with van der Waals surface area (Å²) in [5.41, 5.74) is 0.699. The normalized spacial score (nSPS) is 12.9. The zero-order valence-corrected chi connectivity index (χ0v) is 12.9. The van der Waals surface area contributed by atoms with Crippen molar-refractivity contribution in [1.29, 1.82) is 0 Å². The summed E-state index contributed by atoms with van der Waals surface area (Å²) in [7, 11) is 0. The molecule has 110 valence electrons. The van der Waals surface area contributed by atoms with Crippen molar-refractivity contribution < 1.29 is 14.3 Å². The molecule has 1 aromatic carbocycles. The molecule has 20 heavy (non-hydrogen) atoms. The molecule has 0 amide bonds. The monoisotopic (exact) mass is 295 g/mol. The van der Waals surface area contributed by atoms with Crippen molar-refractivity contribution in [3.8, 4) is 11.5 Å². The van der Waals surface area contributed by atoms with Crippen LogP contribution in [0.15, 0.2) is 18.2 Å². The van der Waals surface area contributed by atoms with Gasteiger partial charge in [-0.05, 0) is 31.3 Å². The fourth-order valence-electron chi connectivity index (χ4n) is 2.05. The summed E-state index contributed by atoms with van der Waals surface area (Å²) < 4.78 is 10.5. The van der Waals surface area contributed by atoms with E-state index in [1.807, 2.05) is 0 Å². The number of hydrogen-bond donors (Lipinski definition) is 0. The molecule has 0 fully saturated rings. The first-order chi connectivity index (χ1) is 9.74. The minimum Gasteiger partial charge on any atom is -0.454 e. The van der Waals surface area contributed by atoms with Gasteiger partial charge in [0.05, 0.1) is 5.75 Å². The van der Waals surface area contributed by atoms with E-state index in [-0.39, 0.29) is 12.6 Å². The number of ketones is 1. The number of rotatable bonds is 8. The molecular weight excluding hydrogens is 274 g/mol. The number of nitrogens with zero attached hydrogens (tertiary/aromatic N) is 1. The van der Waals surface area contributed by atoms with Crippen molar-refractivity contribution in [1.82, 2.24) is 4.90 Å². The number of carbonyl (C=O) groups excluding carboxylic acids is 1. The van der Waals surface area contributed by atoms with Crippen LogP contribution in [0.4, 0.5) is 0 Å². The first-order valence-electron chi connectivity index (χ1n) is 6.97. The number of Topliss-reactive ketones (excluding diaryl/α,β-unsaturated/α-hetero) is 1. The molecule has 0 saturated carbocycles. The van der Waals surface area contributed by atoms with Gasteiger partial charge in [-0.3, -0.25) is 4.79 Å². The van der Waals surface area contributed by atoms with Crippen LogP contribution >= 0.6 is 11.8 Å². The SMILES string of the molecule is CCN(CC)CCSCC(=O)c1ccc2c(c1)OCO2. The Morgan fingerprint density at radius 2 is 2.00 bits per heavy atom. The van der Waals surface area contributed by atoms with Gasteiger partial charge in [-0.2, -0.15) is 11.8 Å². The third kappa shape index (κ3) is 3.90. The van der Waals surface area contributed by atoms with Gasteiger partial charge in [0.25, 0.3) is 0 Å². The second-order valence-corrected chi connectivity index (χ2v) is 5.68. The molecule has 0 N–H and O–H groups in total. The maximum Gasteiger partial charge on any atom is 0.231 e. The number of carbonyl (C=O) groups is 1. The standard InChI is InChI=1S/C15H21NO3S/c1-3-16(4-2)7-8-20-10-13(17)12-5-6-14-15(9-12)19-11-18-14/h5-6,9H,3-4,7-8,10-11H2,1-2H3. The zero-order chi connectivity index (χ0) is 14.4. The molecule has 0 saturated heterocycles. The van der Waals surface area contributed by atoms with Gasteiger partial charge in [0.15, 0.2) is 17.3 Å². The molecule has 1 aliphatic rings. The maximum absolute atomic E-state index is 12.1. The average molecular weight is 295 g/mol. The van der Waals surface area contributed by atoms with E-state index in [4.69, 9.17) is 9.47 Å². The van der Waals surface area contributed by atoms with Gasteiger partial charge >= 0.3 is 0 Å². The number of benzene rings is 1. The summed E-state index contributed by atoms with van der Waals surface area (Å²) in [6.07, 6.45) is 0. The van der Waals surface area contributed by atoms with Crippen molar-refractivity contribution >= 4 is 17.5 Å². The summed E-state index contributed by atoms with van der Waals surface area (Å²) in [6, 6.07) is 5.38. The maximum atomic E-state index is 12.1. The first kappa shape index (κ1) is 15.2. The predicted molar refractivity (Wildman–Crippen MR) is 82.0 cm³/mol. The van der Waals surface area contributed by atoms with E-state index < -0.39 is 0 Å². The zero-order valence-electron chi connectivity index (χ0n) is 12.1. The second kappa shape index (κ2) is 7.55.